The van der Waals surface area contributed by atoms with Gasteiger partial charge in [0.05, 0.1) is 5.69 Å². The number of hydrogen-bond acceptors (Lipinski definition) is 8. The van der Waals surface area contributed by atoms with Crippen molar-refractivity contribution in [2.45, 2.75) is 63.3 Å². The van der Waals surface area contributed by atoms with E-state index in [0.717, 1.165) is 25.0 Å². The number of rotatable bonds is 7. The molecule has 3 aromatic rings. The average Bonchev–Trinajstić information content (AvgIpc) is 3.45. The molecule has 178 valence electrons. The number of sulfone groups is 1. The Hall–Kier alpha value is -3.15. The molecule has 1 aliphatic rings. The third kappa shape index (κ3) is 5.27. The van der Waals surface area contributed by atoms with Crippen molar-refractivity contribution in [3.05, 3.63) is 35.9 Å². The number of ether oxygens (including phenoxy) is 1. The number of nitrogens with one attached hydrogen (secondary N) is 3. The maximum absolute atomic E-state index is 11.9. The molecular weight excluding hydrogens is 446 g/mol. The number of carbonyl (C=O) groups is 1. The first kappa shape index (κ1) is 23.0. The van der Waals surface area contributed by atoms with Crippen LogP contribution in [0.25, 0.3) is 5.52 Å². The highest BCUT2D eigenvalue weighted by Crippen LogP contribution is 2.36. The van der Waals surface area contributed by atoms with Gasteiger partial charge >= 0.3 is 6.09 Å². The lowest BCUT2D eigenvalue weighted by Gasteiger charge is -2.14. The van der Waals surface area contributed by atoms with Crippen LogP contribution in [0.5, 0.6) is 0 Å². The van der Waals surface area contributed by atoms with Gasteiger partial charge in [0.25, 0.3) is 0 Å². The molecule has 1 saturated carbocycles. The van der Waals surface area contributed by atoms with Crippen LogP contribution in [-0.2, 0) is 14.6 Å². The van der Waals surface area contributed by atoms with Crippen molar-refractivity contribution in [1.29, 1.82) is 0 Å². The zero-order valence-electron chi connectivity index (χ0n) is 19.1. The predicted molar refractivity (Wildman–Crippen MR) is 123 cm³/mol. The van der Waals surface area contributed by atoms with Gasteiger partial charge < -0.3 is 15.4 Å². The Balaban J connectivity index is 1.45. The second kappa shape index (κ2) is 9.00. The lowest BCUT2D eigenvalue weighted by Crippen LogP contribution is -2.33. The van der Waals surface area contributed by atoms with Crippen LogP contribution >= 0.6 is 0 Å². The van der Waals surface area contributed by atoms with Crippen LogP contribution in [0.15, 0.2) is 24.5 Å². The molecule has 0 aliphatic heterocycles. The first-order valence-electron chi connectivity index (χ1n) is 10.9. The second-order valence-corrected chi connectivity index (χ2v) is 11.2. The Morgan fingerprint density at radius 3 is 2.79 bits per heavy atom. The van der Waals surface area contributed by atoms with Crippen molar-refractivity contribution in [3.8, 4) is 0 Å². The first-order chi connectivity index (χ1) is 15.6. The van der Waals surface area contributed by atoms with Gasteiger partial charge in [-0.05, 0) is 46.1 Å². The van der Waals surface area contributed by atoms with Gasteiger partial charge in [-0.3, -0.25) is 5.10 Å². The van der Waals surface area contributed by atoms with Crippen LogP contribution in [0.4, 0.5) is 16.4 Å². The molecule has 12 heteroatoms. The minimum atomic E-state index is -3.27. The monoisotopic (exact) mass is 475 g/mol. The number of fused-ring (bicyclic) bond motifs is 1. The number of aromatic amines is 1. The molecule has 0 bridgehead atoms. The summed E-state index contributed by atoms with van der Waals surface area (Å²) < 4.78 is 30.9. The molecule has 33 heavy (non-hydrogen) atoms. The van der Waals surface area contributed by atoms with Crippen LogP contribution in [-0.4, -0.2) is 57.7 Å². The Labute approximate surface area is 192 Å². The summed E-state index contributed by atoms with van der Waals surface area (Å²) in [6.07, 6.45) is 6.38. The van der Waals surface area contributed by atoms with Crippen LogP contribution in [0.2, 0.25) is 0 Å². The van der Waals surface area contributed by atoms with Crippen LogP contribution < -0.4 is 10.6 Å². The van der Waals surface area contributed by atoms with E-state index in [0.29, 0.717) is 22.8 Å². The van der Waals surface area contributed by atoms with E-state index in [1.807, 2.05) is 19.9 Å². The molecule has 1 aliphatic carbocycles. The quantitative estimate of drug-likeness (QED) is 0.473. The number of H-pyrrole nitrogens is 1. The molecule has 3 heterocycles. The van der Waals surface area contributed by atoms with Gasteiger partial charge in [-0.15, -0.1) is 0 Å². The summed E-state index contributed by atoms with van der Waals surface area (Å²) in [5.74, 6) is 1.32. The largest absolute Gasteiger partial charge is 0.446 e. The summed E-state index contributed by atoms with van der Waals surface area (Å²) in [6, 6.07) is 3.67. The van der Waals surface area contributed by atoms with Crippen molar-refractivity contribution in [2.24, 2.45) is 0 Å². The van der Waals surface area contributed by atoms with Crippen LogP contribution in [0, 0.1) is 0 Å². The Bertz CT molecular complexity index is 1250. The zero-order valence-corrected chi connectivity index (χ0v) is 19.9. The van der Waals surface area contributed by atoms with E-state index in [1.54, 1.807) is 29.9 Å². The van der Waals surface area contributed by atoms with E-state index < -0.39 is 15.1 Å². The van der Waals surface area contributed by atoms with Crippen molar-refractivity contribution >= 4 is 33.1 Å². The van der Waals surface area contributed by atoms with Crippen LogP contribution in [0.1, 0.15) is 62.6 Å². The van der Waals surface area contributed by atoms with Gasteiger partial charge in [-0.1, -0.05) is 0 Å². The predicted octanol–water partition coefficient (Wildman–Crippen LogP) is 3.07. The molecule has 1 amide bonds. The number of hydrogen-bond donors (Lipinski definition) is 3. The van der Waals surface area contributed by atoms with Crippen molar-refractivity contribution in [2.75, 3.05) is 11.6 Å². The lowest BCUT2D eigenvalue weighted by molar-refractivity contribution is 0.0981. The molecule has 0 radical (unpaired) electrons. The smallest absolute Gasteiger partial charge is 0.407 e. The number of nitrogens with zero attached hydrogens (tertiary/aromatic N) is 4. The molecule has 4 rings (SSSR count). The van der Waals surface area contributed by atoms with E-state index in [4.69, 9.17) is 4.74 Å². The highest BCUT2D eigenvalue weighted by Gasteiger charge is 2.30. The fourth-order valence-corrected chi connectivity index (χ4v) is 4.49. The molecule has 3 aromatic heterocycles. The minimum Gasteiger partial charge on any atom is -0.446 e. The molecule has 0 saturated heterocycles. The number of aromatic nitrogens is 5. The molecule has 3 N–H and O–H groups in total. The van der Waals surface area contributed by atoms with E-state index in [1.165, 1.54) is 6.26 Å². The molecule has 0 spiro atoms. The van der Waals surface area contributed by atoms with Crippen molar-refractivity contribution in [1.82, 2.24) is 30.1 Å². The fourth-order valence-electron chi connectivity index (χ4n) is 3.94. The maximum Gasteiger partial charge on any atom is 0.407 e. The topological polar surface area (TPSA) is 143 Å². The molecule has 11 nitrogen and oxygen atoms in total. The summed E-state index contributed by atoms with van der Waals surface area (Å²) in [5, 5.41) is 17.0. The van der Waals surface area contributed by atoms with E-state index in [9.17, 15) is 13.2 Å². The van der Waals surface area contributed by atoms with Gasteiger partial charge in [0.2, 0.25) is 0 Å². The third-order valence-electron chi connectivity index (χ3n) is 5.82. The zero-order chi connectivity index (χ0) is 23.8. The molecule has 1 unspecified atom stereocenters. The van der Waals surface area contributed by atoms with Gasteiger partial charge in [0.15, 0.2) is 21.5 Å². The van der Waals surface area contributed by atoms with Crippen molar-refractivity contribution < 1.29 is 17.9 Å². The molecule has 1 fully saturated rings. The summed E-state index contributed by atoms with van der Waals surface area (Å²) in [4.78, 5) is 16.2. The van der Waals surface area contributed by atoms with Crippen molar-refractivity contribution in [3.63, 3.8) is 0 Å². The van der Waals surface area contributed by atoms with E-state index in [-0.39, 0.29) is 24.2 Å². The summed E-state index contributed by atoms with van der Waals surface area (Å²) >= 11 is 0. The third-order valence-corrected chi connectivity index (χ3v) is 7.34. The summed E-state index contributed by atoms with van der Waals surface area (Å²) in [7, 11) is -3.27. The highest BCUT2D eigenvalue weighted by molar-refractivity contribution is 7.90. The molecular formula is C21H29N7O4S. The van der Waals surface area contributed by atoms with Gasteiger partial charge in [0.1, 0.15) is 16.9 Å². The number of carbonyl (C=O) groups excluding carboxylic acids is 1. The number of anilines is 2. The van der Waals surface area contributed by atoms with Gasteiger partial charge in [-0.25, -0.2) is 22.7 Å². The average molecular weight is 476 g/mol. The first-order valence-corrected chi connectivity index (χ1v) is 12.9. The Morgan fingerprint density at radius 2 is 2.06 bits per heavy atom. The van der Waals surface area contributed by atoms with E-state index in [2.05, 4.69) is 30.9 Å². The molecule has 0 aromatic carbocycles. The second-order valence-electron chi connectivity index (χ2n) is 8.82. The van der Waals surface area contributed by atoms with E-state index >= 15 is 0 Å². The van der Waals surface area contributed by atoms with Gasteiger partial charge in [0, 0.05) is 42.4 Å². The fraction of sp³-hybridized carbons (Fsp3) is 0.524. The minimum absolute atomic E-state index is 0.0375. The normalized spacial score (nSPS) is 19.7. The summed E-state index contributed by atoms with van der Waals surface area (Å²) in [6.45, 7) is 5.40. The Morgan fingerprint density at radius 1 is 1.27 bits per heavy atom. The number of amides is 1. The van der Waals surface area contributed by atoms with Crippen LogP contribution in [0.3, 0.4) is 0 Å². The summed E-state index contributed by atoms with van der Waals surface area (Å²) in [5.41, 5.74) is 2.06. The molecule has 3 atom stereocenters. The Kier molecular flexibility index (Phi) is 6.28. The SMILES string of the molecule is CC(C)NC(=O)O[C@@H]1CC[C@H](c2cc(Nc3nccn4nc(C(C)S(C)(=O)=O)cc34)n[nH]2)C1. The van der Waals surface area contributed by atoms with Gasteiger partial charge in [-0.2, -0.15) is 10.2 Å². The highest BCUT2D eigenvalue weighted by atomic mass is 32.2. The lowest BCUT2D eigenvalue weighted by atomic mass is 10.0. The maximum atomic E-state index is 11.9. The standard InChI is InChI=1S/C21H29N7O4S/c1-12(2)23-21(29)32-15-6-5-14(9-15)17-11-19(26-25-17)24-20-18-10-16(13(3)33(4,30)31)27-28(18)8-7-22-20/h7-8,10-15H,5-6,9H2,1-4H3,(H,23,29)(H2,22,24,25,26)/t13?,14-,15+/m0/s1. The number of alkyl carbamates (subject to hydrolysis) is 1.